The molecule has 0 unspecified atom stereocenters. The van der Waals surface area contributed by atoms with Gasteiger partial charge in [0.05, 0.1) is 5.69 Å². The Morgan fingerprint density at radius 2 is 1.78 bits per heavy atom. The van der Waals surface area contributed by atoms with Crippen molar-refractivity contribution in [3.05, 3.63) is 65.4 Å². The van der Waals surface area contributed by atoms with Gasteiger partial charge in [-0.2, -0.15) is 5.10 Å². The van der Waals surface area contributed by atoms with Crippen LogP contribution in [0.2, 0.25) is 0 Å². The van der Waals surface area contributed by atoms with Gasteiger partial charge in [-0.3, -0.25) is 9.48 Å². The molecule has 1 aromatic carbocycles. The first kappa shape index (κ1) is 23.4. The van der Waals surface area contributed by atoms with Crippen LogP contribution in [-0.2, 0) is 17.8 Å². The number of aliphatic imine (C=N–C) groups is 1. The summed E-state index contributed by atoms with van der Waals surface area (Å²) in [4.78, 5) is 21.2. The Kier molecular flexibility index (Phi) is 7.62. The summed E-state index contributed by atoms with van der Waals surface area (Å²) in [5, 5.41) is 4.68. The van der Waals surface area contributed by atoms with Crippen molar-refractivity contribution in [2.45, 2.75) is 40.7 Å². The normalized spacial score (nSPS) is 14.7. The molecule has 2 aromatic rings. The lowest BCUT2D eigenvalue weighted by molar-refractivity contribution is -0.133. The zero-order valence-corrected chi connectivity index (χ0v) is 19.4. The minimum Gasteiger partial charge on any atom is -0.354 e. The summed E-state index contributed by atoms with van der Waals surface area (Å²) in [6.45, 7) is 14.4. The van der Waals surface area contributed by atoms with E-state index in [4.69, 9.17) is 0 Å². The summed E-state index contributed by atoms with van der Waals surface area (Å²) in [7, 11) is 0. The maximum absolute atomic E-state index is 14.0. The number of aryl methyl sites for hydroxylation is 3. The average molecular weight is 438 g/mol. The fraction of sp³-hybridized carbons (Fsp3) is 0.400. The van der Waals surface area contributed by atoms with Gasteiger partial charge in [0, 0.05) is 43.7 Å². The van der Waals surface area contributed by atoms with Crippen LogP contribution in [0.15, 0.2) is 47.7 Å². The third kappa shape index (κ3) is 5.33. The molecule has 1 amide bonds. The van der Waals surface area contributed by atoms with Gasteiger partial charge in [-0.15, -0.1) is 0 Å². The zero-order valence-electron chi connectivity index (χ0n) is 19.4. The fourth-order valence-corrected chi connectivity index (χ4v) is 3.85. The van der Waals surface area contributed by atoms with Crippen molar-refractivity contribution in [2.75, 3.05) is 26.2 Å². The molecule has 32 heavy (non-hydrogen) atoms. The number of piperazine rings is 1. The van der Waals surface area contributed by atoms with Crippen LogP contribution in [0.5, 0.6) is 0 Å². The molecule has 0 bridgehead atoms. The van der Waals surface area contributed by atoms with Gasteiger partial charge in [-0.25, -0.2) is 9.38 Å². The topological polar surface area (TPSA) is 53.7 Å². The summed E-state index contributed by atoms with van der Waals surface area (Å²) < 4.78 is 15.8. The molecule has 2 heterocycles. The van der Waals surface area contributed by atoms with Crippen molar-refractivity contribution in [1.82, 2.24) is 19.6 Å². The quantitative estimate of drug-likeness (QED) is 0.612. The Labute approximate surface area is 189 Å². The smallest absolute Gasteiger partial charge is 0.244 e. The highest BCUT2D eigenvalue weighted by Gasteiger charge is 2.23. The molecule has 3 rings (SSSR count). The molecule has 0 spiro atoms. The molecular formula is C25H32FN5O. The van der Waals surface area contributed by atoms with Crippen LogP contribution in [0.4, 0.5) is 4.39 Å². The van der Waals surface area contributed by atoms with E-state index in [1.165, 1.54) is 0 Å². The summed E-state index contributed by atoms with van der Waals surface area (Å²) in [6.07, 6.45) is 6.27. The number of hydrogen-bond donors (Lipinski definition) is 0. The van der Waals surface area contributed by atoms with Crippen molar-refractivity contribution in [1.29, 1.82) is 0 Å². The molecule has 1 aromatic heterocycles. The van der Waals surface area contributed by atoms with Crippen LogP contribution in [0, 0.1) is 19.7 Å². The highest BCUT2D eigenvalue weighted by Crippen LogP contribution is 2.25. The van der Waals surface area contributed by atoms with Gasteiger partial charge in [-0.05, 0) is 62.6 Å². The van der Waals surface area contributed by atoms with Crippen LogP contribution in [0.3, 0.4) is 0 Å². The van der Waals surface area contributed by atoms with E-state index in [1.807, 2.05) is 37.0 Å². The summed E-state index contributed by atoms with van der Waals surface area (Å²) in [6, 6.07) is 5.60. The zero-order chi connectivity index (χ0) is 23.3. The number of benzene rings is 1. The number of aromatic nitrogens is 2. The molecule has 7 heteroatoms. The molecule has 6 nitrogen and oxygen atoms in total. The highest BCUT2D eigenvalue weighted by molar-refractivity contribution is 5.76. The molecule has 0 radical (unpaired) electrons. The van der Waals surface area contributed by atoms with Gasteiger partial charge in [0.1, 0.15) is 18.2 Å². The molecule has 170 valence electrons. The van der Waals surface area contributed by atoms with Gasteiger partial charge in [0.2, 0.25) is 5.91 Å². The van der Waals surface area contributed by atoms with E-state index >= 15 is 0 Å². The summed E-state index contributed by atoms with van der Waals surface area (Å²) in [5.41, 5.74) is 3.81. The number of nitrogens with zero attached hydrogens (tertiary/aromatic N) is 5. The van der Waals surface area contributed by atoms with Crippen molar-refractivity contribution in [2.24, 2.45) is 4.99 Å². The van der Waals surface area contributed by atoms with Gasteiger partial charge in [0.25, 0.3) is 0 Å². The minimum absolute atomic E-state index is 0.0449. The molecule has 1 aliphatic rings. The first-order chi connectivity index (χ1) is 15.3. The van der Waals surface area contributed by atoms with E-state index in [0.29, 0.717) is 43.1 Å². The van der Waals surface area contributed by atoms with E-state index in [-0.39, 0.29) is 18.3 Å². The first-order valence-corrected chi connectivity index (χ1v) is 11.0. The van der Waals surface area contributed by atoms with Crippen LogP contribution in [0.25, 0.3) is 11.3 Å². The van der Waals surface area contributed by atoms with Gasteiger partial charge < -0.3 is 9.80 Å². The lowest BCUT2D eigenvalue weighted by Crippen LogP contribution is -2.48. The molecular weight excluding hydrogens is 405 g/mol. The molecule has 1 fully saturated rings. The Morgan fingerprint density at radius 3 is 2.38 bits per heavy atom. The number of halogens is 1. The van der Waals surface area contributed by atoms with Crippen LogP contribution in [0.1, 0.15) is 30.7 Å². The first-order valence-electron chi connectivity index (χ1n) is 11.0. The number of rotatable bonds is 7. The number of carbonyl (C=O) groups excluding carboxylic acids is 1. The molecule has 0 aliphatic carbocycles. The molecule has 0 atom stereocenters. The second kappa shape index (κ2) is 10.4. The van der Waals surface area contributed by atoms with Crippen molar-refractivity contribution < 1.29 is 9.18 Å². The predicted octanol–water partition coefficient (Wildman–Crippen LogP) is 4.13. The Morgan fingerprint density at radius 1 is 1.16 bits per heavy atom. The molecule has 1 saturated heterocycles. The lowest BCUT2D eigenvalue weighted by Gasteiger charge is -2.35. The average Bonchev–Trinajstić information content (AvgIpc) is 3.20. The Balaban J connectivity index is 1.66. The van der Waals surface area contributed by atoms with Gasteiger partial charge in [-0.1, -0.05) is 19.6 Å². The highest BCUT2D eigenvalue weighted by atomic mass is 19.1. The van der Waals surface area contributed by atoms with E-state index < -0.39 is 0 Å². The molecule has 0 saturated carbocycles. The van der Waals surface area contributed by atoms with Crippen LogP contribution in [-0.4, -0.2) is 57.9 Å². The Bertz CT molecular complexity index is 1020. The predicted molar refractivity (Wildman–Crippen MR) is 127 cm³/mol. The van der Waals surface area contributed by atoms with Crippen molar-refractivity contribution in [3.63, 3.8) is 0 Å². The third-order valence-corrected chi connectivity index (χ3v) is 5.74. The fourth-order valence-electron chi connectivity index (χ4n) is 3.85. The van der Waals surface area contributed by atoms with Gasteiger partial charge in [0.15, 0.2) is 0 Å². The molecule has 0 N–H and O–H groups in total. The van der Waals surface area contributed by atoms with Crippen molar-refractivity contribution in [3.8, 4) is 11.3 Å². The van der Waals surface area contributed by atoms with E-state index in [0.717, 1.165) is 23.4 Å². The van der Waals surface area contributed by atoms with E-state index in [1.54, 1.807) is 36.9 Å². The number of carbonyl (C=O) groups is 1. The maximum atomic E-state index is 14.0. The summed E-state index contributed by atoms with van der Waals surface area (Å²) >= 11 is 0. The lowest BCUT2D eigenvalue weighted by atomic mass is 10.0. The maximum Gasteiger partial charge on any atom is 0.244 e. The number of allylic oxidation sites excluding steroid dienone is 2. The standard InChI is InChI=1S/C25H32FN5O/c1-6-8-9-27-20(5)29-10-12-30(13-11-29)24(32)17-31-22(7-2)16-23(28-31)21-14-18(3)25(26)19(4)15-21/h6,8-9,14-16H,5,7,10-13,17H2,1-4H3/b8-6-,27-9-. The van der Waals surface area contributed by atoms with Crippen LogP contribution >= 0.6 is 0 Å². The van der Waals surface area contributed by atoms with E-state index in [2.05, 4.69) is 21.6 Å². The van der Waals surface area contributed by atoms with E-state index in [9.17, 15) is 9.18 Å². The molecule has 1 aliphatic heterocycles. The number of amides is 1. The van der Waals surface area contributed by atoms with Crippen molar-refractivity contribution >= 4 is 12.1 Å². The van der Waals surface area contributed by atoms with Crippen LogP contribution < -0.4 is 0 Å². The SMILES string of the molecule is C=C(/N=C\C=C/C)N1CCN(C(=O)Cn2nc(-c3cc(C)c(F)c(C)c3)cc2CC)CC1. The second-order valence-corrected chi connectivity index (χ2v) is 8.04. The third-order valence-electron chi connectivity index (χ3n) is 5.74. The largest absolute Gasteiger partial charge is 0.354 e. The monoisotopic (exact) mass is 437 g/mol. The number of hydrogen-bond acceptors (Lipinski definition) is 4. The second-order valence-electron chi connectivity index (χ2n) is 8.04. The van der Waals surface area contributed by atoms with Gasteiger partial charge >= 0.3 is 0 Å². The summed E-state index contributed by atoms with van der Waals surface area (Å²) in [5.74, 6) is 0.571. The Hall–Kier alpha value is -3.22. The minimum atomic E-state index is -0.187.